The third-order valence-corrected chi connectivity index (χ3v) is 3.61. The van der Waals surface area contributed by atoms with Crippen molar-refractivity contribution in [3.63, 3.8) is 0 Å². The molecular weight excluding hydrogens is 302 g/mol. The summed E-state index contributed by atoms with van der Waals surface area (Å²) >= 11 is 0. The lowest BCUT2D eigenvalue weighted by Crippen LogP contribution is -2.36. The Labute approximate surface area is 142 Å². The Morgan fingerprint density at radius 2 is 1.50 bits per heavy atom. The number of anilines is 2. The highest BCUT2D eigenvalue weighted by molar-refractivity contribution is 5.96. The Morgan fingerprint density at radius 3 is 2.12 bits per heavy atom. The number of nitrogens with one attached hydrogen (secondary N) is 3. The van der Waals surface area contributed by atoms with Crippen molar-refractivity contribution in [1.82, 2.24) is 5.32 Å². The number of aryl methyl sites for hydroxylation is 3. The molecule has 0 aliphatic carbocycles. The highest BCUT2D eigenvalue weighted by atomic mass is 16.2. The van der Waals surface area contributed by atoms with Gasteiger partial charge in [0.1, 0.15) is 0 Å². The molecule has 0 bridgehead atoms. The first-order valence-electron chi connectivity index (χ1n) is 7.89. The maximum absolute atomic E-state index is 12.0. The first-order chi connectivity index (χ1) is 11.5. The van der Waals surface area contributed by atoms with Gasteiger partial charge in [-0.1, -0.05) is 35.9 Å². The van der Waals surface area contributed by atoms with E-state index in [4.69, 9.17) is 0 Å². The molecule has 0 radical (unpaired) electrons. The maximum Gasteiger partial charge on any atom is 0.243 e. The molecule has 0 aliphatic heterocycles. The van der Waals surface area contributed by atoms with Crippen LogP contribution in [0.2, 0.25) is 0 Å². The van der Waals surface area contributed by atoms with E-state index in [1.165, 1.54) is 0 Å². The van der Waals surface area contributed by atoms with E-state index in [1.807, 2.05) is 63.2 Å². The molecule has 0 heterocycles. The highest BCUT2D eigenvalue weighted by Gasteiger charge is 2.09. The van der Waals surface area contributed by atoms with Crippen molar-refractivity contribution < 1.29 is 9.59 Å². The second-order valence-corrected chi connectivity index (χ2v) is 5.82. The largest absolute Gasteiger partial charge is 0.376 e. The first-order valence-corrected chi connectivity index (χ1v) is 7.89. The summed E-state index contributed by atoms with van der Waals surface area (Å²) in [5, 5.41) is 8.47. The van der Waals surface area contributed by atoms with E-state index in [1.54, 1.807) is 0 Å². The number of rotatable bonds is 6. The molecular formula is C19H23N3O2. The summed E-state index contributed by atoms with van der Waals surface area (Å²) in [4.78, 5) is 23.8. The molecule has 126 valence electrons. The highest BCUT2D eigenvalue weighted by Crippen LogP contribution is 2.21. The molecule has 0 atom stereocenters. The fourth-order valence-corrected chi connectivity index (χ4v) is 2.54. The van der Waals surface area contributed by atoms with E-state index in [9.17, 15) is 9.59 Å². The minimum absolute atomic E-state index is 0.0535. The predicted molar refractivity (Wildman–Crippen MR) is 97.2 cm³/mol. The van der Waals surface area contributed by atoms with Crippen molar-refractivity contribution >= 4 is 23.2 Å². The van der Waals surface area contributed by atoms with E-state index in [-0.39, 0.29) is 24.9 Å². The number of para-hydroxylation sites is 1. The molecule has 2 aromatic carbocycles. The van der Waals surface area contributed by atoms with Crippen LogP contribution in [0.4, 0.5) is 11.4 Å². The van der Waals surface area contributed by atoms with Gasteiger partial charge in [-0.3, -0.25) is 9.59 Å². The molecule has 2 amide bonds. The molecule has 0 saturated heterocycles. The van der Waals surface area contributed by atoms with Gasteiger partial charge in [0.15, 0.2) is 0 Å². The average Bonchev–Trinajstić information content (AvgIpc) is 2.55. The number of hydrogen-bond donors (Lipinski definition) is 3. The Kier molecular flexibility index (Phi) is 5.95. The molecule has 0 aromatic heterocycles. The molecule has 24 heavy (non-hydrogen) atoms. The zero-order valence-corrected chi connectivity index (χ0v) is 14.3. The van der Waals surface area contributed by atoms with E-state index in [0.29, 0.717) is 0 Å². The Hall–Kier alpha value is -2.82. The lowest BCUT2D eigenvalue weighted by atomic mass is 10.1. The smallest absolute Gasteiger partial charge is 0.243 e. The fourth-order valence-electron chi connectivity index (χ4n) is 2.54. The van der Waals surface area contributed by atoms with E-state index < -0.39 is 0 Å². The van der Waals surface area contributed by atoms with Gasteiger partial charge in [-0.25, -0.2) is 0 Å². The molecule has 3 N–H and O–H groups in total. The van der Waals surface area contributed by atoms with Crippen molar-refractivity contribution in [3.8, 4) is 0 Å². The van der Waals surface area contributed by atoms with Crippen LogP contribution in [0.3, 0.4) is 0 Å². The normalized spacial score (nSPS) is 10.1. The van der Waals surface area contributed by atoms with Gasteiger partial charge >= 0.3 is 0 Å². The Bertz CT molecular complexity index is 704. The summed E-state index contributed by atoms with van der Waals surface area (Å²) in [6, 6.07) is 13.5. The maximum atomic E-state index is 12.0. The second-order valence-electron chi connectivity index (χ2n) is 5.82. The standard InChI is InChI=1S/C19H23N3O2/c1-13-9-14(2)19(15(3)10-13)22-18(24)12-21-17(23)11-20-16-7-5-4-6-8-16/h4-10,20H,11-12H2,1-3H3,(H,21,23)(H,22,24). The van der Waals surface area contributed by atoms with Crippen molar-refractivity contribution in [1.29, 1.82) is 0 Å². The van der Waals surface area contributed by atoms with Gasteiger partial charge in [0.25, 0.3) is 0 Å². The number of amides is 2. The molecule has 0 saturated carbocycles. The molecule has 2 aromatic rings. The van der Waals surface area contributed by atoms with Gasteiger partial charge in [0.2, 0.25) is 11.8 Å². The van der Waals surface area contributed by atoms with Crippen LogP contribution in [-0.4, -0.2) is 24.9 Å². The predicted octanol–water partition coefficient (Wildman–Crippen LogP) is 2.78. The zero-order chi connectivity index (χ0) is 17.5. The number of carbonyl (C=O) groups is 2. The third-order valence-electron chi connectivity index (χ3n) is 3.61. The van der Waals surface area contributed by atoms with E-state index >= 15 is 0 Å². The summed E-state index contributed by atoms with van der Waals surface area (Å²) in [7, 11) is 0. The molecule has 0 unspecified atom stereocenters. The minimum atomic E-state index is -0.238. The Balaban J connectivity index is 1.80. The summed E-state index contributed by atoms with van der Waals surface area (Å²) < 4.78 is 0. The molecule has 5 nitrogen and oxygen atoms in total. The quantitative estimate of drug-likeness (QED) is 0.765. The van der Waals surface area contributed by atoms with Crippen LogP contribution >= 0.6 is 0 Å². The average molecular weight is 325 g/mol. The summed E-state index contributed by atoms with van der Waals surface area (Å²) in [5.74, 6) is -0.468. The number of hydrogen-bond acceptors (Lipinski definition) is 3. The molecule has 0 spiro atoms. The zero-order valence-electron chi connectivity index (χ0n) is 14.3. The topological polar surface area (TPSA) is 70.2 Å². The van der Waals surface area contributed by atoms with Crippen molar-refractivity contribution in [2.75, 3.05) is 23.7 Å². The van der Waals surface area contributed by atoms with Gasteiger partial charge in [-0.05, 0) is 44.0 Å². The van der Waals surface area contributed by atoms with Gasteiger partial charge in [-0.2, -0.15) is 0 Å². The fraction of sp³-hybridized carbons (Fsp3) is 0.263. The monoisotopic (exact) mass is 325 g/mol. The lowest BCUT2D eigenvalue weighted by molar-refractivity contribution is -0.122. The lowest BCUT2D eigenvalue weighted by Gasteiger charge is -2.13. The second kappa shape index (κ2) is 8.15. The number of carbonyl (C=O) groups excluding carboxylic acids is 2. The Morgan fingerprint density at radius 1 is 0.875 bits per heavy atom. The molecule has 2 rings (SSSR count). The first kappa shape index (κ1) is 17.5. The van der Waals surface area contributed by atoms with E-state index in [0.717, 1.165) is 28.1 Å². The van der Waals surface area contributed by atoms with Crippen LogP contribution in [-0.2, 0) is 9.59 Å². The molecule has 0 aliphatic rings. The van der Waals surface area contributed by atoms with Crippen molar-refractivity contribution in [2.45, 2.75) is 20.8 Å². The summed E-state index contributed by atoms with van der Waals surface area (Å²) in [6.07, 6.45) is 0. The molecule has 5 heteroatoms. The van der Waals surface area contributed by atoms with Crippen LogP contribution in [0.1, 0.15) is 16.7 Å². The third kappa shape index (κ3) is 5.12. The van der Waals surface area contributed by atoms with Gasteiger partial charge in [-0.15, -0.1) is 0 Å². The molecule has 0 fully saturated rings. The van der Waals surface area contributed by atoms with Crippen LogP contribution in [0.5, 0.6) is 0 Å². The van der Waals surface area contributed by atoms with Gasteiger partial charge < -0.3 is 16.0 Å². The van der Waals surface area contributed by atoms with Crippen molar-refractivity contribution in [2.24, 2.45) is 0 Å². The van der Waals surface area contributed by atoms with Crippen LogP contribution < -0.4 is 16.0 Å². The van der Waals surface area contributed by atoms with Gasteiger partial charge in [0.05, 0.1) is 13.1 Å². The summed E-state index contributed by atoms with van der Waals surface area (Å²) in [6.45, 7) is 6.00. The summed E-state index contributed by atoms with van der Waals surface area (Å²) in [5.41, 5.74) is 4.85. The number of benzene rings is 2. The van der Waals surface area contributed by atoms with Crippen LogP contribution in [0.15, 0.2) is 42.5 Å². The van der Waals surface area contributed by atoms with E-state index in [2.05, 4.69) is 16.0 Å². The van der Waals surface area contributed by atoms with Crippen molar-refractivity contribution in [3.05, 3.63) is 59.2 Å². The van der Waals surface area contributed by atoms with Crippen LogP contribution in [0, 0.1) is 20.8 Å². The minimum Gasteiger partial charge on any atom is -0.376 e. The van der Waals surface area contributed by atoms with Gasteiger partial charge in [0, 0.05) is 11.4 Å². The SMILES string of the molecule is Cc1cc(C)c(NC(=O)CNC(=O)CNc2ccccc2)c(C)c1. The van der Waals surface area contributed by atoms with Crippen LogP contribution in [0.25, 0.3) is 0 Å².